The number of rotatable bonds is 2. The van der Waals surface area contributed by atoms with Gasteiger partial charge in [0.05, 0.1) is 0 Å². The fourth-order valence-corrected chi connectivity index (χ4v) is 2.26. The molecule has 0 N–H and O–H groups in total. The summed E-state index contributed by atoms with van der Waals surface area (Å²) in [6.07, 6.45) is 10.4. The highest BCUT2D eigenvalue weighted by Gasteiger charge is 2.14. The van der Waals surface area contributed by atoms with Gasteiger partial charge in [0.1, 0.15) is 0 Å². The molecule has 1 aliphatic rings. The minimum atomic E-state index is 1.01. The van der Waals surface area contributed by atoms with E-state index >= 15 is 0 Å². The van der Waals surface area contributed by atoms with Crippen LogP contribution in [-0.2, 0) is 0 Å². The Balaban J connectivity index is 2.22. The standard InChI is InChI=1S/C11H22/c1-3-5-11-7-4-6-10(2)8-9-11/h10-11H,3-9H2,1-2H3. The highest BCUT2D eigenvalue weighted by atomic mass is 14.2. The molecule has 0 aromatic carbocycles. The minimum absolute atomic E-state index is 1.01. The summed E-state index contributed by atoms with van der Waals surface area (Å²) in [6, 6.07) is 0. The number of hydrogen-bond acceptors (Lipinski definition) is 0. The monoisotopic (exact) mass is 154 g/mol. The van der Waals surface area contributed by atoms with E-state index in [0.717, 1.165) is 11.8 Å². The van der Waals surface area contributed by atoms with Gasteiger partial charge in [-0.3, -0.25) is 0 Å². The van der Waals surface area contributed by atoms with Gasteiger partial charge in [-0.1, -0.05) is 58.8 Å². The SMILES string of the molecule is CCCC1CCCC(C)CC1. The van der Waals surface area contributed by atoms with Gasteiger partial charge in [-0.25, -0.2) is 0 Å². The molecule has 0 saturated heterocycles. The summed E-state index contributed by atoms with van der Waals surface area (Å²) in [5.74, 6) is 2.09. The Kier molecular flexibility index (Phi) is 3.96. The van der Waals surface area contributed by atoms with Gasteiger partial charge in [-0.05, 0) is 11.8 Å². The van der Waals surface area contributed by atoms with E-state index < -0.39 is 0 Å². The van der Waals surface area contributed by atoms with Gasteiger partial charge in [-0.15, -0.1) is 0 Å². The van der Waals surface area contributed by atoms with Gasteiger partial charge in [0.15, 0.2) is 0 Å². The lowest BCUT2D eigenvalue weighted by Gasteiger charge is -2.11. The molecule has 0 aliphatic heterocycles. The summed E-state index contributed by atoms with van der Waals surface area (Å²) < 4.78 is 0. The van der Waals surface area contributed by atoms with Gasteiger partial charge in [0, 0.05) is 0 Å². The van der Waals surface area contributed by atoms with Gasteiger partial charge < -0.3 is 0 Å². The third-order valence-corrected chi connectivity index (χ3v) is 3.07. The average molecular weight is 154 g/mol. The zero-order valence-electron chi connectivity index (χ0n) is 8.10. The molecule has 0 heteroatoms. The van der Waals surface area contributed by atoms with E-state index in [-0.39, 0.29) is 0 Å². The lowest BCUT2D eigenvalue weighted by Crippen LogP contribution is -1.97. The van der Waals surface area contributed by atoms with Crippen LogP contribution in [0.2, 0.25) is 0 Å². The first kappa shape index (κ1) is 9.09. The summed E-state index contributed by atoms with van der Waals surface area (Å²) in [5.41, 5.74) is 0. The van der Waals surface area contributed by atoms with E-state index in [1.807, 2.05) is 0 Å². The van der Waals surface area contributed by atoms with Crippen LogP contribution in [0.25, 0.3) is 0 Å². The molecule has 1 saturated carbocycles. The first-order valence-electron chi connectivity index (χ1n) is 5.33. The van der Waals surface area contributed by atoms with Crippen LogP contribution in [0.4, 0.5) is 0 Å². The summed E-state index contributed by atoms with van der Waals surface area (Å²) >= 11 is 0. The molecule has 0 heterocycles. The molecule has 1 aliphatic carbocycles. The van der Waals surface area contributed by atoms with Crippen LogP contribution in [0.3, 0.4) is 0 Å². The molecule has 0 aromatic rings. The largest absolute Gasteiger partial charge is 0.0654 e. The van der Waals surface area contributed by atoms with Crippen LogP contribution in [0.15, 0.2) is 0 Å². The van der Waals surface area contributed by atoms with Crippen LogP contribution in [0.1, 0.15) is 58.8 Å². The summed E-state index contributed by atoms with van der Waals surface area (Å²) in [7, 11) is 0. The van der Waals surface area contributed by atoms with Gasteiger partial charge in [0.25, 0.3) is 0 Å². The fraction of sp³-hybridized carbons (Fsp3) is 1.00. The second-order valence-corrected chi connectivity index (χ2v) is 4.27. The molecular formula is C11H22. The van der Waals surface area contributed by atoms with E-state index in [0.29, 0.717) is 0 Å². The van der Waals surface area contributed by atoms with E-state index in [4.69, 9.17) is 0 Å². The zero-order chi connectivity index (χ0) is 8.10. The zero-order valence-corrected chi connectivity index (χ0v) is 8.10. The Bertz CT molecular complexity index is 96.2. The fourth-order valence-electron chi connectivity index (χ4n) is 2.26. The van der Waals surface area contributed by atoms with E-state index in [1.54, 1.807) is 0 Å². The van der Waals surface area contributed by atoms with Crippen molar-refractivity contribution in [3.05, 3.63) is 0 Å². The van der Waals surface area contributed by atoms with Crippen molar-refractivity contribution in [1.29, 1.82) is 0 Å². The third-order valence-electron chi connectivity index (χ3n) is 3.07. The van der Waals surface area contributed by atoms with Crippen molar-refractivity contribution in [1.82, 2.24) is 0 Å². The molecule has 0 nitrogen and oxygen atoms in total. The summed E-state index contributed by atoms with van der Waals surface area (Å²) in [5, 5.41) is 0. The van der Waals surface area contributed by atoms with Crippen LogP contribution >= 0.6 is 0 Å². The van der Waals surface area contributed by atoms with Crippen molar-refractivity contribution in [2.45, 2.75) is 58.8 Å². The maximum absolute atomic E-state index is 2.41. The van der Waals surface area contributed by atoms with Gasteiger partial charge in [-0.2, -0.15) is 0 Å². The molecule has 1 rings (SSSR count). The molecule has 2 atom stereocenters. The normalized spacial score (nSPS) is 33.3. The van der Waals surface area contributed by atoms with Crippen LogP contribution in [0, 0.1) is 11.8 Å². The summed E-state index contributed by atoms with van der Waals surface area (Å²) in [6.45, 7) is 4.72. The van der Waals surface area contributed by atoms with Crippen LogP contribution in [-0.4, -0.2) is 0 Å². The molecule has 0 aromatic heterocycles. The smallest absolute Gasteiger partial charge is 0.0414 e. The molecule has 2 unspecified atom stereocenters. The Hall–Kier alpha value is 0. The molecule has 11 heavy (non-hydrogen) atoms. The number of hydrogen-bond donors (Lipinski definition) is 0. The van der Waals surface area contributed by atoms with Crippen molar-refractivity contribution in [3.8, 4) is 0 Å². The molecule has 0 radical (unpaired) electrons. The molecule has 0 spiro atoms. The van der Waals surface area contributed by atoms with Gasteiger partial charge >= 0.3 is 0 Å². The summed E-state index contributed by atoms with van der Waals surface area (Å²) in [4.78, 5) is 0. The van der Waals surface area contributed by atoms with Crippen molar-refractivity contribution >= 4 is 0 Å². The first-order valence-corrected chi connectivity index (χ1v) is 5.33. The average Bonchev–Trinajstić information content (AvgIpc) is 2.17. The maximum atomic E-state index is 2.41. The van der Waals surface area contributed by atoms with Crippen molar-refractivity contribution in [2.75, 3.05) is 0 Å². The Morgan fingerprint density at radius 1 is 1.09 bits per heavy atom. The van der Waals surface area contributed by atoms with E-state index in [9.17, 15) is 0 Å². The van der Waals surface area contributed by atoms with E-state index in [1.165, 1.54) is 44.9 Å². The Morgan fingerprint density at radius 3 is 2.64 bits per heavy atom. The molecular weight excluding hydrogens is 132 g/mol. The van der Waals surface area contributed by atoms with Crippen LogP contribution in [0.5, 0.6) is 0 Å². The molecule has 1 fully saturated rings. The predicted octanol–water partition coefficient (Wildman–Crippen LogP) is 4.00. The predicted molar refractivity (Wildman–Crippen MR) is 50.6 cm³/mol. The first-order chi connectivity index (χ1) is 5.33. The maximum Gasteiger partial charge on any atom is -0.0414 e. The van der Waals surface area contributed by atoms with E-state index in [2.05, 4.69) is 13.8 Å². The molecule has 0 bridgehead atoms. The second kappa shape index (κ2) is 4.79. The lowest BCUT2D eigenvalue weighted by molar-refractivity contribution is 0.414. The van der Waals surface area contributed by atoms with Crippen molar-refractivity contribution in [2.24, 2.45) is 11.8 Å². The molecule has 66 valence electrons. The second-order valence-electron chi connectivity index (χ2n) is 4.27. The Labute approximate surface area is 71.4 Å². The quantitative estimate of drug-likeness (QED) is 0.527. The molecule has 0 amide bonds. The Morgan fingerprint density at radius 2 is 1.91 bits per heavy atom. The minimum Gasteiger partial charge on any atom is -0.0654 e. The van der Waals surface area contributed by atoms with Crippen LogP contribution < -0.4 is 0 Å². The highest BCUT2D eigenvalue weighted by Crippen LogP contribution is 2.29. The lowest BCUT2D eigenvalue weighted by atomic mass is 9.95. The highest BCUT2D eigenvalue weighted by molar-refractivity contribution is 4.67. The van der Waals surface area contributed by atoms with Crippen molar-refractivity contribution in [3.63, 3.8) is 0 Å². The topological polar surface area (TPSA) is 0 Å². The third kappa shape index (κ3) is 3.27. The van der Waals surface area contributed by atoms with Crippen molar-refractivity contribution < 1.29 is 0 Å². The van der Waals surface area contributed by atoms with Gasteiger partial charge in [0.2, 0.25) is 0 Å².